The molecule has 1 fully saturated rings. The van der Waals surface area contributed by atoms with Gasteiger partial charge in [-0.15, -0.1) is 0 Å². The zero-order valence-corrected chi connectivity index (χ0v) is 15.9. The summed E-state index contributed by atoms with van der Waals surface area (Å²) >= 11 is 0. The first kappa shape index (κ1) is 19.4. The topological polar surface area (TPSA) is 52.7 Å². The van der Waals surface area contributed by atoms with Crippen LogP contribution in [0.3, 0.4) is 0 Å². The first-order valence-electron chi connectivity index (χ1n) is 9.34. The van der Waals surface area contributed by atoms with E-state index in [1.54, 1.807) is 17.0 Å². The van der Waals surface area contributed by atoms with Crippen molar-refractivity contribution in [1.29, 1.82) is 0 Å². The van der Waals surface area contributed by atoms with Crippen LogP contribution < -0.4 is 5.32 Å². The normalized spacial score (nSPS) is 21.0. The molecule has 0 aliphatic carbocycles. The largest absolute Gasteiger partial charge is 0.339 e. The van der Waals surface area contributed by atoms with Gasteiger partial charge in [0, 0.05) is 37.4 Å². The van der Waals surface area contributed by atoms with Crippen molar-refractivity contribution in [2.45, 2.75) is 34.1 Å². The summed E-state index contributed by atoms with van der Waals surface area (Å²) < 4.78 is 0. The zero-order chi connectivity index (χ0) is 18.4. The van der Waals surface area contributed by atoms with Crippen LogP contribution >= 0.6 is 0 Å². The molecule has 5 heteroatoms. The number of rotatable bonds is 6. The lowest BCUT2D eigenvalue weighted by molar-refractivity contribution is -0.117. The van der Waals surface area contributed by atoms with Crippen LogP contribution in [-0.2, 0) is 4.79 Å². The van der Waals surface area contributed by atoms with E-state index in [-0.39, 0.29) is 11.8 Å². The summed E-state index contributed by atoms with van der Waals surface area (Å²) in [5.74, 6) is 1.24. The average molecular weight is 345 g/mol. The van der Waals surface area contributed by atoms with Gasteiger partial charge in [-0.3, -0.25) is 14.5 Å². The fraction of sp³-hybridized carbons (Fsp3) is 0.600. The maximum Gasteiger partial charge on any atom is 0.253 e. The lowest BCUT2D eigenvalue weighted by atomic mass is 9.92. The Morgan fingerprint density at radius 3 is 2.40 bits per heavy atom. The maximum atomic E-state index is 12.4. The number of amides is 2. The Balaban J connectivity index is 1.97. The third-order valence-corrected chi connectivity index (χ3v) is 4.76. The highest BCUT2D eigenvalue weighted by molar-refractivity contribution is 5.97. The highest BCUT2D eigenvalue weighted by atomic mass is 16.2. The van der Waals surface area contributed by atoms with Gasteiger partial charge in [0.2, 0.25) is 5.91 Å². The van der Waals surface area contributed by atoms with E-state index in [9.17, 15) is 9.59 Å². The lowest BCUT2D eigenvalue weighted by Crippen LogP contribution is -2.42. The van der Waals surface area contributed by atoms with Crippen molar-refractivity contribution in [3.63, 3.8) is 0 Å². The molecule has 2 atom stereocenters. The Morgan fingerprint density at radius 2 is 1.80 bits per heavy atom. The molecule has 1 aliphatic rings. The molecule has 0 spiro atoms. The number of benzene rings is 1. The van der Waals surface area contributed by atoms with Crippen LogP contribution in [0.5, 0.6) is 0 Å². The first-order valence-corrected chi connectivity index (χ1v) is 9.34. The summed E-state index contributed by atoms with van der Waals surface area (Å²) in [5, 5.41) is 2.94. The molecule has 0 saturated carbocycles. The molecule has 0 radical (unpaired) electrons. The molecule has 0 unspecified atom stereocenters. The minimum absolute atomic E-state index is 0.000205. The Morgan fingerprint density at radius 1 is 1.16 bits per heavy atom. The Labute approximate surface area is 151 Å². The number of hydrogen-bond acceptors (Lipinski definition) is 3. The summed E-state index contributed by atoms with van der Waals surface area (Å²) in [6.45, 7) is 12.1. The smallest absolute Gasteiger partial charge is 0.253 e. The summed E-state index contributed by atoms with van der Waals surface area (Å²) in [6.07, 6.45) is 1.23. The van der Waals surface area contributed by atoms with Crippen LogP contribution in [0.1, 0.15) is 44.5 Å². The van der Waals surface area contributed by atoms with Crippen LogP contribution in [0, 0.1) is 11.8 Å². The number of likely N-dealkylation sites (tertiary alicyclic amines) is 1. The molecule has 25 heavy (non-hydrogen) atoms. The second kappa shape index (κ2) is 8.99. The second-order valence-corrected chi connectivity index (χ2v) is 7.25. The van der Waals surface area contributed by atoms with E-state index in [0.717, 1.165) is 13.1 Å². The van der Waals surface area contributed by atoms with Crippen LogP contribution in [-0.4, -0.2) is 54.3 Å². The maximum absolute atomic E-state index is 12.4. The molecule has 1 saturated heterocycles. The molecule has 0 aromatic heterocycles. The van der Waals surface area contributed by atoms with E-state index < -0.39 is 0 Å². The third kappa shape index (κ3) is 5.56. The van der Waals surface area contributed by atoms with Crippen LogP contribution in [0.4, 0.5) is 5.69 Å². The predicted molar refractivity (Wildman–Crippen MR) is 102 cm³/mol. The van der Waals surface area contributed by atoms with Gasteiger partial charge in [0.25, 0.3) is 5.91 Å². The van der Waals surface area contributed by atoms with Gasteiger partial charge in [0.1, 0.15) is 0 Å². The predicted octanol–water partition coefficient (Wildman–Crippen LogP) is 3.09. The SMILES string of the molecule is CCN(CC)C(=O)c1cccc(NC(=O)CN2C[C@H](C)C[C@@H](C)C2)c1. The van der Waals surface area contributed by atoms with Crippen LogP contribution in [0.15, 0.2) is 24.3 Å². The van der Waals surface area contributed by atoms with Gasteiger partial charge in [-0.1, -0.05) is 19.9 Å². The summed E-state index contributed by atoms with van der Waals surface area (Å²) in [5.41, 5.74) is 1.29. The molecule has 1 heterocycles. The molecule has 1 aromatic carbocycles. The molecular formula is C20H31N3O2. The van der Waals surface area contributed by atoms with Crippen LogP contribution in [0.2, 0.25) is 0 Å². The quantitative estimate of drug-likeness (QED) is 0.862. The van der Waals surface area contributed by atoms with Crippen molar-refractivity contribution in [2.75, 3.05) is 38.0 Å². The van der Waals surface area contributed by atoms with Gasteiger partial charge in [-0.25, -0.2) is 0 Å². The van der Waals surface area contributed by atoms with Gasteiger partial charge >= 0.3 is 0 Å². The molecule has 1 N–H and O–H groups in total. The summed E-state index contributed by atoms with van der Waals surface area (Å²) in [4.78, 5) is 28.8. The molecule has 1 aliphatic heterocycles. The summed E-state index contributed by atoms with van der Waals surface area (Å²) in [7, 11) is 0. The van der Waals surface area contributed by atoms with E-state index in [2.05, 4.69) is 24.1 Å². The second-order valence-electron chi connectivity index (χ2n) is 7.25. The Hall–Kier alpha value is -1.88. The number of nitrogens with zero attached hydrogens (tertiary/aromatic N) is 2. The highest BCUT2D eigenvalue weighted by Crippen LogP contribution is 2.20. The van der Waals surface area contributed by atoms with Crippen molar-refractivity contribution >= 4 is 17.5 Å². The van der Waals surface area contributed by atoms with Gasteiger partial charge in [-0.05, 0) is 50.3 Å². The van der Waals surface area contributed by atoms with Crippen molar-refractivity contribution in [3.05, 3.63) is 29.8 Å². The number of piperidine rings is 1. The standard InChI is InChI=1S/C20H31N3O2/c1-5-23(6-2)20(25)17-8-7-9-18(11-17)21-19(24)14-22-12-15(3)10-16(4)13-22/h7-9,11,15-16H,5-6,10,12-14H2,1-4H3,(H,21,24)/t15-,16-/m1/s1. The fourth-order valence-corrected chi connectivity index (χ4v) is 3.75. The monoisotopic (exact) mass is 345 g/mol. The van der Waals surface area contributed by atoms with Gasteiger partial charge in [0.05, 0.1) is 6.54 Å². The van der Waals surface area contributed by atoms with Gasteiger partial charge in [0.15, 0.2) is 0 Å². The number of hydrogen-bond donors (Lipinski definition) is 1. The van der Waals surface area contributed by atoms with Crippen LogP contribution in [0.25, 0.3) is 0 Å². The van der Waals surface area contributed by atoms with E-state index >= 15 is 0 Å². The Bertz CT molecular complexity index is 588. The fourth-order valence-electron chi connectivity index (χ4n) is 3.75. The third-order valence-electron chi connectivity index (χ3n) is 4.76. The molecule has 138 valence electrons. The van der Waals surface area contributed by atoms with E-state index in [1.807, 2.05) is 26.0 Å². The molecule has 2 rings (SSSR count). The van der Waals surface area contributed by atoms with Gasteiger partial charge < -0.3 is 10.2 Å². The van der Waals surface area contributed by atoms with Crippen molar-refractivity contribution in [1.82, 2.24) is 9.80 Å². The first-order chi connectivity index (χ1) is 11.9. The number of carbonyl (C=O) groups excluding carboxylic acids is 2. The molecule has 2 amide bonds. The van der Waals surface area contributed by atoms with Crippen molar-refractivity contribution < 1.29 is 9.59 Å². The van der Waals surface area contributed by atoms with Gasteiger partial charge in [-0.2, -0.15) is 0 Å². The molecular weight excluding hydrogens is 314 g/mol. The van der Waals surface area contributed by atoms with E-state index in [4.69, 9.17) is 0 Å². The number of anilines is 1. The highest BCUT2D eigenvalue weighted by Gasteiger charge is 2.23. The van der Waals surface area contributed by atoms with E-state index in [1.165, 1.54) is 6.42 Å². The molecule has 5 nitrogen and oxygen atoms in total. The lowest BCUT2D eigenvalue weighted by Gasteiger charge is -2.34. The average Bonchev–Trinajstić information content (AvgIpc) is 2.55. The van der Waals surface area contributed by atoms with E-state index in [0.29, 0.717) is 42.7 Å². The zero-order valence-electron chi connectivity index (χ0n) is 15.9. The minimum atomic E-state index is -0.0197. The van der Waals surface area contributed by atoms with Crippen molar-refractivity contribution in [2.24, 2.45) is 11.8 Å². The molecule has 0 bridgehead atoms. The molecule has 1 aromatic rings. The number of carbonyl (C=O) groups is 2. The number of nitrogens with one attached hydrogen (secondary N) is 1. The Kier molecular flexibility index (Phi) is 7.00. The summed E-state index contributed by atoms with van der Waals surface area (Å²) in [6, 6.07) is 7.21. The minimum Gasteiger partial charge on any atom is -0.339 e. The van der Waals surface area contributed by atoms with Crippen molar-refractivity contribution in [3.8, 4) is 0 Å².